The fourth-order valence-electron chi connectivity index (χ4n) is 3.81. The van der Waals surface area contributed by atoms with Gasteiger partial charge in [-0.1, -0.05) is 0 Å². The highest BCUT2D eigenvalue weighted by atomic mass is 79.9. The minimum Gasteiger partial charge on any atom is -0.497 e. The summed E-state index contributed by atoms with van der Waals surface area (Å²) < 4.78 is 19.1. The summed E-state index contributed by atoms with van der Waals surface area (Å²) in [4.78, 5) is 18.0. The van der Waals surface area contributed by atoms with Crippen LogP contribution in [0.15, 0.2) is 47.1 Å². The number of hydrogen-bond acceptors (Lipinski definition) is 2. The summed E-state index contributed by atoms with van der Waals surface area (Å²) in [6.45, 7) is 1.37. The minimum absolute atomic E-state index is 0.0547. The number of halogens is 2. The fourth-order valence-corrected chi connectivity index (χ4v) is 4.33. The Morgan fingerprint density at radius 3 is 2.70 bits per heavy atom. The van der Waals surface area contributed by atoms with Gasteiger partial charge in [-0.2, -0.15) is 0 Å². The summed E-state index contributed by atoms with van der Waals surface area (Å²) in [6, 6.07) is 10.2. The summed E-state index contributed by atoms with van der Waals surface area (Å²) in [7, 11) is 1.67. The molecule has 1 aliphatic rings. The van der Waals surface area contributed by atoms with Crippen molar-refractivity contribution in [3.63, 3.8) is 0 Å². The predicted molar refractivity (Wildman–Crippen MR) is 107 cm³/mol. The summed E-state index contributed by atoms with van der Waals surface area (Å²) in [5.74, 6) is 0.830. The van der Waals surface area contributed by atoms with Gasteiger partial charge in [0.1, 0.15) is 11.6 Å². The maximum Gasteiger partial charge on any atom is 0.255 e. The molecule has 1 N–H and O–H groups in total. The van der Waals surface area contributed by atoms with Crippen LogP contribution in [0, 0.1) is 5.82 Å². The Balaban J connectivity index is 1.50. The first-order chi connectivity index (χ1) is 13.1. The number of benzene rings is 2. The molecule has 0 spiro atoms. The number of carbonyl (C=O) groups excluding carboxylic acids is 1. The van der Waals surface area contributed by atoms with E-state index in [0.717, 1.165) is 24.1 Å². The van der Waals surface area contributed by atoms with Gasteiger partial charge in [0, 0.05) is 34.7 Å². The van der Waals surface area contributed by atoms with Gasteiger partial charge in [0.25, 0.3) is 5.91 Å². The summed E-state index contributed by atoms with van der Waals surface area (Å²) in [5, 5.41) is 1.18. The Morgan fingerprint density at radius 2 is 2.00 bits per heavy atom. The number of amides is 1. The van der Waals surface area contributed by atoms with Crippen molar-refractivity contribution in [2.24, 2.45) is 0 Å². The maximum atomic E-state index is 13.3. The molecule has 4 nitrogen and oxygen atoms in total. The van der Waals surface area contributed by atoms with Gasteiger partial charge in [-0.3, -0.25) is 4.79 Å². The van der Waals surface area contributed by atoms with Crippen LogP contribution in [0.2, 0.25) is 0 Å². The maximum absolute atomic E-state index is 13.3. The molecule has 6 heteroatoms. The molecule has 0 unspecified atom stereocenters. The average molecular weight is 431 g/mol. The highest BCUT2D eigenvalue weighted by Gasteiger charge is 2.27. The van der Waals surface area contributed by atoms with E-state index in [0.29, 0.717) is 29.0 Å². The van der Waals surface area contributed by atoms with Crippen molar-refractivity contribution >= 4 is 32.7 Å². The van der Waals surface area contributed by atoms with Crippen molar-refractivity contribution in [2.45, 2.75) is 18.8 Å². The lowest BCUT2D eigenvalue weighted by Gasteiger charge is -2.32. The van der Waals surface area contributed by atoms with E-state index in [1.54, 1.807) is 13.2 Å². The number of carbonyl (C=O) groups is 1. The monoisotopic (exact) mass is 430 g/mol. The topological polar surface area (TPSA) is 45.3 Å². The number of rotatable bonds is 3. The number of methoxy groups -OCH3 is 1. The van der Waals surface area contributed by atoms with Crippen LogP contribution in [0.4, 0.5) is 4.39 Å². The van der Waals surface area contributed by atoms with Gasteiger partial charge in [-0.25, -0.2) is 4.39 Å². The molecule has 4 rings (SSSR count). The van der Waals surface area contributed by atoms with Crippen LogP contribution in [0.3, 0.4) is 0 Å². The van der Waals surface area contributed by atoms with Gasteiger partial charge in [-0.15, -0.1) is 0 Å². The first-order valence-corrected chi connectivity index (χ1v) is 9.75. The van der Waals surface area contributed by atoms with Gasteiger partial charge in [0.15, 0.2) is 0 Å². The first-order valence-electron chi connectivity index (χ1n) is 8.96. The number of hydrogen-bond donors (Lipinski definition) is 1. The standard InChI is InChI=1S/C21H20BrFN2O2/c1-27-15-3-5-20-17(11-15)18(12-24-20)13-6-8-25(9-7-13)21(26)16-4-2-14(23)10-19(16)22/h2-5,10-13,24H,6-9H2,1H3. The zero-order valence-corrected chi connectivity index (χ0v) is 16.6. The number of aromatic nitrogens is 1. The van der Waals surface area contributed by atoms with Gasteiger partial charge >= 0.3 is 0 Å². The number of likely N-dealkylation sites (tertiary alicyclic amines) is 1. The molecule has 1 amide bonds. The quantitative estimate of drug-likeness (QED) is 0.628. The van der Waals surface area contributed by atoms with Crippen molar-refractivity contribution in [1.82, 2.24) is 9.88 Å². The number of ether oxygens (including phenoxy) is 1. The van der Waals surface area contributed by atoms with Crippen molar-refractivity contribution in [1.29, 1.82) is 0 Å². The zero-order valence-electron chi connectivity index (χ0n) is 15.0. The second-order valence-electron chi connectivity index (χ2n) is 6.85. The summed E-state index contributed by atoms with van der Waals surface area (Å²) >= 11 is 3.29. The van der Waals surface area contributed by atoms with Gasteiger partial charge in [0.2, 0.25) is 0 Å². The third-order valence-electron chi connectivity index (χ3n) is 5.30. The van der Waals surface area contributed by atoms with Crippen molar-refractivity contribution in [3.8, 4) is 5.75 Å². The summed E-state index contributed by atoms with van der Waals surface area (Å²) in [6.07, 6.45) is 3.87. The first kappa shape index (κ1) is 18.0. The van der Waals surface area contributed by atoms with E-state index >= 15 is 0 Å². The van der Waals surface area contributed by atoms with Crippen molar-refractivity contribution in [3.05, 3.63) is 64.0 Å². The lowest BCUT2D eigenvalue weighted by Crippen LogP contribution is -2.38. The molecular weight excluding hydrogens is 411 g/mol. The van der Waals surface area contributed by atoms with Gasteiger partial charge in [0.05, 0.1) is 12.7 Å². The van der Waals surface area contributed by atoms with Gasteiger partial charge < -0.3 is 14.6 Å². The van der Waals surface area contributed by atoms with Crippen LogP contribution in [-0.2, 0) is 0 Å². The van der Waals surface area contributed by atoms with Crippen LogP contribution in [-0.4, -0.2) is 36.0 Å². The Morgan fingerprint density at radius 1 is 1.22 bits per heavy atom. The SMILES string of the molecule is COc1ccc2[nH]cc(C3CCN(C(=O)c4ccc(F)cc4Br)CC3)c2c1. The molecule has 0 aliphatic carbocycles. The van der Waals surface area contributed by atoms with E-state index in [1.165, 1.54) is 23.1 Å². The highest BCUT2D eigenvalue weighted by molar-refractivity contribution is 9.10. The number of H-pyrrole nitrogens is 1. The lowest BCUT2D eigenvalue weighted by molar-refractivity contribution is 0.0712. The predicted octanol–water partition coefficient (Wildman–Crippen LogP) is 5.10. The van der Waals surface area contributed by atoms with Crippen molar-refractivity contribution in [2.75, 3.05) is 20.2 Å². The molecule has 27 heavy (non-hydrogen) atoms. The van der Waals surface area contributed by atoms with E-state index in [9.17, 15) is 9.18 Å². The van der Waals surface area contributed by atoms with E-state index in [4.69, 9.17) is 4.74 Å². The van der Waals surface area contributed by atoms with Crippen LogP contribution in [0.25, 0.3) is 10.9 Å². The second-order valence-corrected chi connectivity index (χ2v) is 7.70. The molecule has 0 saturated carbocycles. The molecule has 2 heterocycles. The van der Waals surface area contributed by atoms with Crippen LogP contribution in [0.1, 0.15) is 34.7 Å². The van der Waals surface area contributed by atoms with Crippen LogP contribution < -0.4 is 4.74 Å². The van der Waals surface area contributed by atoms with E-state index in [2.05, 4.69) is 33.2 Å². The molecule has 1 fully saturated rings. The largest absolute Gasteiger partial charge is 0.497 e. The van der Waals surface area contributed by atoms with E-state index < -0.39 is 0 Å². The molecule has 140 valence electrons. The van der Waals surface area contributed by atoms with E-state index in [1.807, 2.05) is 17.0 Å². The molecule has 0 atom stereocenters. The third kappa shape index (κ3) is 3.46. The average Bonchev–Trinajstić information content (AvgIpc) is 3.10. The molecule has 2 aromatic carbocycles. The molecular formula is C21H20BrFN2O2. The number of nitrogens with one attached hydrogen (secondary N) is 1. The Bertz CT molecular complexity index is 993. The zero-order chi connectivity index (χ0) is 19.0. The number of aromatic amines is 1. The molecule has 1 saturated heterocycles. The minimum atomic E-state index is -0.355. The highest BCUT2D eigenvalue weighted by Crippen LogP contribution is 2.35. The lowest BCUT2D eigenvalue weighted by atomic mass is 9.89. The number of fused-ring (bicyclic) bond motifs is 1. The normalized spacial score (nSPS) is 15.3. The number of piperidine rings is 1. The third-order valence-corrected chi connectivity index (χ3v) is 5.96. The van der Waals surface area contributed by atoms with Gasteiger partial charge in [-0.05, 0) is 76.7 Å². The molecule has 1 aromatic heterocycles. The summed E-state index contributed by atoms with van der Waals surface area (Å²) in [5.41, 5.74) is 2.88. The van der Waals surface area contributed by atoms with Crippen LogP contribution >= 0.6 is 15.9 Å². The van der Waals surface area contributed by atoms with Crippen molar-refractivity contribution < 1.29 is 13.9 Å². The Labute approximate surface area is 165 Å². The van der Waals surface area contributed by atoms with E-state index in [-0.39, 0.29) is 11.7 Å². The Hall–Kier alpha value is -2.34. The molecule has 0 bridgehead atoms. The molecule has 3 aromatic rings. The second kappa shape index (κ2) is 7.35. The Kier molecular flexibility index (Phi) is 4.91. The van der Waals surface area contributed by atoms with Crippen LogP contribution in [0.5, 0.6) is 5.75 Å². The smallest absolute Gasteiger partial charge is 0.255 e. The molecule has 0 radical (unpaired) electrons. The fraction of sp³-hybridized carbons (Fsp3) is 0.286. The number of nitrogens with zero attached hydrogens (tertiary/aromatic N) is 1. The molecule has 1 aliphatic heterocycles.